The van der Waals surface area contributed by atoms with Gasteiger partial charge in [-0.05, 0) is 32.3 Å². The van der Waals surface area contributed by atoms with E-state index in [4.69, 9.17) is 0 Å². The fourth-order valence-electron chi connectivity index (χ4n) is 2.30. The molecule has 3 heteroatoms. The fourth-order valence-corrected chi connectivity index (χ4v) is 2.30. The quantitative estimate of drug-likeness (QED) is 0.771. The molecule has 0 aliphatic heterocycles. The maximum Gasteiger partial charge on any atom is 0.161 e. The van der Waals surface area contributed by atoms with Crippen molar-refractivity contribution in [3.63, 3.8) is 0 Å². The number of hydrogen-bond acceptors (Lipinski definition) is 3. The lowest BCUT2D eigenvalue weighted by Crippen LogP contribution is -2.39. The number of rotatable bonds is 3. The highest BCUT2D eigenvalue weighted by atomic mass is 16.3. The number of hydrogen-bond donors (Lipinski definition) is 2. The molecule has 0 aromatic rings. The molecule has 1 rings (SSSR count). The molecule has 0 aromatic carbocycles. The van der Waals surface area contributed by atoms with Gasteiger partial charge in [0.1, 0.15) is 0 Å². The second-order valence-electron chi connectivity index (χ2n) is 5.36. The third kappa shape index (κ3) is 2.53. The molecule has 0 amide bonds. The van der Waals surface area contributed by atoms with E-state index < -0.39 is 6.10 Å². The minimum Gasteiger partial charge on any atom is -0.393 e. The van der Waals surface area contributed by atoms with Crippen molar-refractivity contribution in [2.45, 2.75) is 59.2 Å². The predicted molar refractivity (Wildman–Crippen MR) is 63.0 cm³/mol. The van der Waals surface area contributed by atoms with Crippen LogP contribution in [-0.2, 0) is 4.79 Å². The number of Topliss-reactive ketones (excluding diaryl/α,β-unsaturated/α-hetero) is 1. The minimum atomic E-state index is -0.604. The summed E-state index contributed by atoms with van der Waals surface area (Å²) in [6, 6.07) is 0. The molecule has 16 heavy (non-hydrogen) atoms. The predicted octanol–water partition coefficient (Wildman–Crippen LogP) is 1.82. The lowest BCUT2D eigenvalue weighted by atomic mass is 9.68. The van der Waals surface area contributed by atoms with Crippen LogP contribution in [0, 0.1) is 5.41 Å². The van der Waals surface area contributed by atoms with Crippen LogP contribution in [0.4, 0.5) is 0 Å². The van der Waals surface area contributed by atoms with Gasteiger partial charge < -0.3 is 10.2 Å². The molecule has 0 bridgehead atoms. The summed E-state index contributed by atoms with van der Waals surface area (Å²) in [6.45, 7) is 7.49. The number of carbonyl (C=O) groups excluding carboxylic acids is 1. The Labute approximate surface area is 97.2 Å². The van der Waals surface area contributed by atoms with Crippen LogP contribution in [0.5, 0.6) is 0 Å². The Bertz CT molecular complexity index is 313. The highest BCUT2D eigenvalue weighted by Gasteiger charge is 2.39. The van der Waals surface area contributed by atoms with Gasteiger partial charge in [-0.25, -0.2) is 0 Å². The zero-order valence-electron chi connectivity index (χ0n) is 10.6. The van der Waals surface area contributed by atoms with Gasteiger partial charge in [-0.2, -0.15) is 0 Å². The van der Waals surface area contributed by atoms with Crippen LogP contribution in [0.3, 0.4) is 0 Å². The average Bonchev–Trinajstić information content (AvgIpc) is 2.14. The van der Waals surface area contributed by atoms with Gasteiger partial charge in [0, 0.05) is 11.8 Å². The average molecular weight is 226 g/mol. The summed E-state index contributed by atoms with van der Waals surface area (Å²) in [7, 11) is 0. The highest BCUT2D eigenvalue weighted by Crippen LogP contribution is 2.41. The first-order chi connectivity index (χ1) is 7.26. The van der Waals surface area contributed by atoms with Crippen molar-refractivity contribution in [1.82, 2.24) is 0 Å². The van der Waals surface area contributed by atoms with Gasteiger partial charge in [-0.3, -0.25) is 4.79 Å². The monoisotopic (exact) mass is 226 g/mol. The van der Waals surface area contributed by atoms with Crippen molar-refractivity contribution in [2.75, 3.05) is 0 Å². The van der Waals surface area contributed by atoms with E-state index in [1.165, 1.54) is 0 Å². The first kappa shape index (κ1) is 13.4. The SMILES string of the molecule is CC1=C(CC[C@@H](C)O)C(C)(C)[C@@H](O)CC1=O. The molecule has 3 nitrogen and oxygen atoms in total. The van der Waals surface area contributed by atoms with Crippen molar-refractivity contribution in [2.24, 2.45) is 5.41 Å². The Morgan fingerprint density at radius 3 is 2.56 bits per heavy atom. The molecule has 2 atom stereocenters. The number of carbonyl (C=O) groups is 1. The largest absolute Gasteiger partial charge is 0.393 e. The Kier molecular flexibility index (Phi) is 3.92. The summed E-state index contributed by atoms with van der Waals surface area (Å²) in [5.74, 6) is 0.0346. The lowest BCUT2D eigenvalue weighted by Gasteiger charge is -2.38. The summed E-state index contributed by atoms with van der Waals surface area (Å²) < 4.78 is 0. The topological polar surface area (TPSA) is 57.5 Å². The van der Waals surface area contributed by atoms with Crippen molar-refractivity contribution < 1.29 is 15.0 Å². The van der Waals surface area contributed by atoms with Crippen LogP contribution in [0.1, 0.15) is 47.0 Å². The first-order valence-corrected chi connectivity index (χ1v) is 5.86. The molecule has 1 aliphatic rings. The van der Waals surface area contributed by atoms with Gasteiger partial charge in [0.15, 0.2) is 5.78 Å². The molecule has 0 unspecified atom stereocenters. The van der Waals surface area contributed by atoms with Crippen LogP contribution in [0.15, 0.2) is 11.1 Å². The first-order valence-electron chi connectivity index (χ1n) is 5.86. The van der Waals surface area contributed by atoms with Gasteiger partial charge in [0.2, 0.25) is 0 Å². The van der Waals surface area contributed by atoms with E-state index in [-0.39, 0.29) is 23.7 Å². The second kappa shape index (κ2) is 4.68. The van der Waals surface area contributed by atoms with Crippen molar-refractivity contribution in [3.8, 4) is 0 Å². The van der Waals surface area contributed by atoms with E-state index in [2.05, 4.69) is 0 Å². The van der Waals surface area contributed by atoms with Gasteiger partial charge in [-0.15, -0.1) is 0 Å². The van der Waals surface area contributed by atoms with Crippen LogP contribution >= 0.6 is 0 Å². The molecule has 92 valence electrons. The van der Waals surface area contributed by atoms with Crippen LogP contribution < -0.4 is 0 Å². The standard InChI is InChI=1S/C13H22O3/c1-8(14)5-6-10-9(2)11(15)7-12(16)13(10,3)4/h8,12,14,16H,5-7H2,1-4H3/t8-,12+/m1/s1. The van der Waals surface area contributed by atoms with E-state index in [9.17, 15) is 15.0 Å². The van der Waals surface area contributed by atoms with Gasteiger partial charge in [0.25, 0.3) is 0 Å². The van der Waals surface area contributed by atoms with Crippen molar-refractivity contribution in [3.05, 3.63) is 11.1 Å². The van der Waals surface area contributed by atoms with Crippen LogP contribution in [-0.4, -0.2) is 28.2 Å². The van der Waals surface area contributed by atoms with E-state index >= 15 is 0 Å². The summed E-state index contributed by atoms with van der Waals surface area (Å²) in [5, 5.41) is 19.2. The van der Waals surface area contributed by atoms with E-state index in [0.717, 1.165) is 11.1 Å². The molecule has 0 radical (unpaired) electrons. The molecular weight excluding hydrogens is 204 g/mol. The Morgan fingerprint density at radius 1 is 1.50 bits per heavy atom. The molecule has 2 N–H and O–H groups in total. The Hall–Kier alpha value is -0.670. The number of aliphatic hydroxyl groups is 2. The molecule has 0 saturated heterocycles. The maximum absolute atomic E-state index is 11.7. The van der Waals surface area contributed by atoms with Gasteiger partial charge in [0.05, 0.1) is 12.2 Å². The summed E-state index contributed by atoms with van der Waals surface area (Å²) >= 11 is 0. The third-order valence-electron chi connectivity index (χ3n) is 3.67. The van der Waals surface area contributed by atoms with E-state index in [1.807, 2.05) is 20.8 Å². The summed E-state index contributed by atoms with van der Waals surface area (Å²) in [5.41, 5.74) is 1.42. The van der Waals surface area contributed by atoms with Gasteiger partial charge >= 0.3 is 0 Å². The summed E-state index contributed by atoms with van der Waals surface area (Å²) in [4.78, 5) is 11.7. The smallest absolute Gasteiger partial charge is 0.161 e. The van der Waals surface area contributed by atoms with Gasteiger partial charge in [-0.1, -0.05) is 19.4 Å². The molecule has 1 aliphatic carbocycles. The molecule has 0 fully saturated rings. The van der Waals surface area contributed by atoms with E-state index in [1.54, 1.807) is 6.92 Å². The fraction of sp³-hybridized carbons (Fsp3) is 0.769. The summed E-state index contributed by atoms with van der Waals surface area (Å²) in [6.07, 6.45) is 0.560. The maximum atomic E-state index is 11.7. The molecule has 0 heterocycles. The molecule has 0 saturated carbocycles. The van der Waals surface area contributed by atoms with Crippen LogP contribution in [0.25, 0.3) is 0 Å². The third-order valence-corrected chi connectivity index (χ3v) is 3.67. The molecular formula is C13H22O3. The molecule has 0 spiro atoms. The second-order valence-corrected chi connectivity index (χ2v) is 5.36. The number of ketones is 1. The lowest BCUT2D eigenvalue weighted by molar-refractivity contribution is -0.120. The zero-order valence-corrected chi connectivity index (χ0v) is 10.6. The molecule has 0 aromatic heterocycles. The van der Waals surface area contributed by atoms with E-state index in [0.29, 0.717) is 12.8 Å². The highest BCUT2D eigenvalue weighted by molar-refractivity contribution is 5.97. The number of allylic oxidation sites excluding steroid dienone is 1. The minimum absolute atomic E-state index is 0.0346. The zero-order chi connectivity index (χ0) is 12.5. The normalized spacial score (nSPS) is 27.1. The van der Waals surface area contributed by atoms with Crippen LogP contribution in [0.2, 0.25) is 0 Å². The Balaban J connectivity index is 2.97. The Morgan fingerprint density at radius 2 is 2.06 bits per heavy atom. The van der Waals surface area contributed by atoms with Crippen molar-refractivity contribution >= 4 is 5.78 Å². The number of aliphatic hydroxyl groups excluding tert-OH is 2. The van der Waals surface area contributed by atoms with Crippen molar-refractivity contribution in [1.29, 1.82) is 0 Å².